The summed E-state index contributed by atoms with van der Waals surface area (Å²) in [5.74, 6) is -0.164. The Morgan fingerprint density at radius 1 is 0.662 bits per heavy atom. The molecule has 0 bridgehead atoms. The van der Waals surface area contributed by atoms with E-state index in [1.54, 1.807) is 56.9 Å². The van der Waals surface area contributed by atoms with Crippen molar-refractivity contribution < 1.29 is 119 Å². The molecular formula is C99H139F2N9O23. The van der Waals surface area contributed by atoms with Crippen molar-refractivity contribution >= 4 is 64.2 Å². The Balaban J connectivity index is 0.606. The number of halogens is 2. The van der Waals surface area contributed by atoms with E-state index in [2.05, 4.69) is 56.3 Å². The van der Waals surface area contributed by atoms with E-state index in [4.69, 9.17) is 61.6 Å². The number of hydrogen-bond acceptors (Lipinski definition) is 26. The number of nitrogens with one attached hydrogen (secondary N) is 7. The Hall–Kier alpha value is -9.03. The molecule has 3 saturated carbocycles. The summed E-state index contributed by atoms with van der Waals surface area (Å²) >= 11 is 0. The highest BCUT2D eigenvalue weighted by molar-refractivity contribution is 6.02. The number of allylic oxidation sites excluding steroid dienone is 5. The fourth-order valence-electron chi connectivity index (χ4n) is 19.3. The number of aliphatic hydroxyl groups is 1. The van der Waals surface area contributed by atoms with Gasteiger partial charge in [-0.25, -0.2) is 8.78 Å². The zero-order chi connectivity index (χ0) is 94.8. The summed E-state index contributed by atoms with van der Waals surface area (Å²) in [5, 5.41) is 28.4. The van der Waals surface area contributed by atoms with Gasteiger partial charge in [0.1, 0.15) is 37.3 Å². The third kappa shape index (κ3) is 28.1. The van der Waals surface area contributed by atoms with Crippen LogP contribution in [-0.2, 0) is 107 Å². The van der Waals surface area contributed by atoms with Crippen LogP contribution in [0.2, 0.25) is 0 Å². The highest BCUT2D eigenvalue weighted by atomic mass is 19.1. The second-order valence-corrected chi connectivity index (χ2v) is 35.9. The van der Waals surface area contributed by atoms with Crippen molar-refractivity contribution in [1.82, 2.24) is 37.2 Å². The first-order chi connectivity index (χ1) is 64.3. The van der Waals surface area contributed by atoms with Crippen molar-refractivity contribution in [3.05, 3.63) is 125 Å². The molecule has 3 aromatic rings. The molecule has 0 aromatic heterocycles. The molecule has 5 aliphatic carbocycles. The molecule has 133 heavy (non-hydrogen) atoms. The van der Waals surface area contributed by atoms with Gasteiger partial charge in [0.2, 0.25) is 41.2 Å². The van der Waals surface area contributed by atoms with Crippen molar-refractivity contribution in [3.8, 4) is 17.6 Å². The lowest BCUT2D eigenvalue weighted by Gasteiger charge is -2.63. The molecule has 34 heteroatoms. The Bertz CT molecular complexity index is 4510. The van der Waals surface area contributed by atoms with Crippen molar-refractivity contribution in [3.63, 3.8) is 0 Å². The second kappa shape index (κ2) is 52.3. The molecule has 732 valence electrons. The van der Waals surface area contributed by atoms with Crippen LogP contribution in [0.3, 0.4) is 0 Å². The zero-order valence-corrected chi connectivity index (χ0v) is 78.3. The minimum Gasteiger partial charge on any atom is -0.486 e. The molecule has 4 fully saturated rings. The minimum atomic E-state index is -2.37. The molecule has 8 N–H and O–H groups in total. The van der Waals surface area contributed by atoms with Crippen LogP contribution >= 0.6 is 0 Å². The summed E-state index contributed by atoms with van der Waals surface area (Å²) in [6.45, 7) is 19.9. The van der Waals surface area contributed by atoms with E-state index in [9.17, 15) is 48.3 Å². The standard InChI is InChI=1S/C99H139F2N9O23/c1-8-19-91-132-86-62-75-76-61-78(100)77-60-73(111)35-37-96(77,6)98(76,101)84(113)63-97(75,7)99(86,133-91)85(114)65-130-74-31-29-72(30-32-74)104-94(119)68(5)59-82(112)92(67(3)4)106-95(120)79(23-17-18-38-102-89(117)66-131-83-26-12-10-11-25-81-93(83)107-108-110(81)40-44-124-48-52-128-56-58-129-57-53-125-49-45-121-41-9-2)105-88(116)36-42-122-46-50-126-54-55-127-51-47-123-43-39-103-87(115)33-34-90(118)109-64-71-22-14-13-20-69(71)27-28-70-21-15-16-24-80(70)109/h13-16,20-22,24,29-32,35,37,60,67-68,75-76,78-79,83-84,86,91-92,107-108,113H,8-12,17-19,23,25-26,33-34,36,38-59,61-66H2,1-7H3,(H,102,117)(H,103,115)(H,104,119)(H,105,116)(H,106,120)/t68-,75+,76+,78+,79-,83?,84+,86-,91?,92+,96+,97+,98+,99-/m1/s1. The maximum Gasteiger partial charge on any atom is 0.246 e. The number of para-hydroxylation sites is 1. The number of amides is 6. The van der Waals surface area contributed by atoms with Gasteiger partial charge in [-0.05, 0) is 155 Å². The summed E-state index contributed by atoms with van der Waals surface area (Å²) in [4.78, 5) is 125. The number of benzene rings is 3. The third-order valence-corrected chi connectivity index (χ3v) is 26.3. The molecule has 2 unspecified atom stereocenters. The summed E-state index contributed by atoms with van der Waals surface area (Å²) in [7, 11) is 0. The first kappa shape index (κ1) is 104. The van der Waals surface area contributed by atoms with E-state index in [0.29, 0.717) is 116 Å². The van der Waals surface area contributed by atoms with Gasteiger partial charge in [-0.1, -0.05) is 109 Å². The number of alkyl halides is 2. The van der Waals surface area contributed by atoms with Crippen LogP contribution in [0.4, 0.5) is 20.2 Å². The maximum absolute atomic E-state index is 18.1. The number of carbonyl (C=O) groups excluding carboxylic acids is 9. The maximum atomic E-state index is 18.1. The molecule has 1 saturated heterocycles. The molecule has 32 nitrogen and oxygen atoms in total. The summed E-state index contributed by atoms with van der Waals surface area (Å²) in [6.07, 6.45) is 5.17. The van der Waals surface area contributed by atoms with Crippen molar-refractivity contribution in [2.45, 2.75) is 225 Å². The quantitative estimate of drug-likeness (QED) is 0.0193. The molecule has 11 rings (SSSR count). The Morgan fingerprint density at radius 3 is 1.98 bits per heavy atom. The number of rotatable bonds is 58. The number of aliphatic hydroxyl groups excluding tert-OH is 1. The normalized spacial score (nSPS) is 24.5. The van der Waals surface area contributed by atoms with Crippen molar-refractivity contribution in [2.75, 3.05) is 162 Å². The second-order valence-electron chi connectivity index (χ2n) is 35.9. The van der Waals surface area contributed by atoms with Gasteiger partial charge in [-0.3, -0.25) is 48.2 Å². The lowest BCUT2D eigenvalue weighted by Crippen LogP contribution is -2.71. The average molecular weight is 1860 g/mol. The molecule has 3 aliphatic heterocycles. The predicted octanol–water partition coefficient (Wildman–Crippen LogP) is 8.97. The molecular weight excluding hydrogens is 1720 g/mol. The third-order valence-electron chi connectivity index (χ3n) is 26.3. The lowest BCUT2D eigenvalue weighted by molar-refractivity contribution is -0.234. The predicted molar refractivity (Wildman–Crippen MR) is 489 cm³/mol. The molecule has 0 spiro atoms. The lowest BCUT2D eigenvalue weighted by atomic mass is 9.44. The van der Waals surface area contributed by atoms with Crippen molar-refractivity contribution in [2.24, 2.45) is 34.5 Å². The largest absolute Gasteiger partial charge is 0.486 e. The van der Waals surface area contributed by atoms with Crippen LogP contribution in [0.25, 0.3) is 0 Å². The first-order valence-electron chi connectivity index (χ1n) is 47.7. The number of carbonyl (C=O) groups is 9. The summed E-state index contributed by atoms with van der Waals surface area (Å²) in [5.41, 5.74) is 5.16. The van der Waals surface area contributed by atoms with Gasteiger partial charge in [-0.2, -0.15) is 0 Å². The number of ketones is 3. The van der Waals surface area contributed by atoms with Crippen LogP contribution in [0, 0.1) is 46.3 Å². The SMILES string of the molecule is CCCOCCOCCOCCOCCOCCN1NNC2=C1CCCCCC2OCC(=O)NCCCC[C@@H](NC(=O)CCOCCOCCOCCOCCNC(=O)CCC(=O)N1Cc2ccccc2C#Cc2ccccc21)C(=O)N[C@H](C(=O)C[C@@H](C)C(=O)Nc1ccc(OCC(=O)[C@@]23OC(CCC)O[C@@H]2C[C@H]2[C@@H]4C[C@H](F)C5=CC(=O)C=C[C@]5(C)[C@@]4(F)[C@@H](O)C[C@@]23C)cc1)C(C)C. The minimum absolute atomic E-state index is 0.00237. The van der Waals surface area contributed by atoms with E-state index >= 15 is 8.78 Å². The molecule has 3 heterocycles. The summed E-state index contributed by atoms with van der Waals surface area (Å²) < 4.78 is 111. The number of Topliss-reactive ketones (excluding diaryl/α,β-unsaturated/α-hetero) is 2. The molecule has 14 atom stereocenters. The Labute approximate surface area is 779 Å². The highest BCUT2D eigenvalue weighted by Gasteiger charge is 2.80. The van der Waals surface area contributed by atoms with E-state index in [-0.39, 0.29) is 159 Å². The number of fused-ring (bicyclic) bond motifs is 9. The van der Waals surface area contributed by atoms with E-state index < -0.39 is 124 Å². The number of hydrazine groups is 2. The molecule has 3 aromatic carbocycles. The topological polar surface area (TPSA) is 385 Å². The van der Waals surface area contributed by atoms with Crippen molar-refractivity contribution in [1.29, 1.82) is 0 Å². The summed E-state index contributed by atoms with van der Waals surface area (Å²) in [6, 6.07) is 19.3. The number of ether oxygens (including phenoxy) is 13. The van der Waals surface area contributed by atoms with Gasteiger partial charge in [0.15, 0.2) is 29.1 Å². The molecule has 0 radical (unpaired) electrons. The van der Waals surface area contributed by atoms with Crippen LogP contribution in [0.1, 0.15) is 181 Å². The smallest absolute Gasteiger partial charge is 0.246 e. The number of anilines is 2. The first-order valence-corrected chi connectivity index (χ1v) is 47.7. The molecule has 8 aliphatic rings. The number of nitrogens with zero attached hydrogens (tertiary/aromatic N) is 2. The zero-order valence-electron chi connectivity index (χ0n) is 78.3. The Kier molecular flexibility index (Phi) is 41.1. The fourth-order valence-corrected chi connectivity index (χ4v) is 19.3. The fraction of sp³-hybridized carbons (Fsp3) is 0.646. The monoisotopic (exact) mass is 1860 g/mol. The van der Waals surface area contributed by atoms with E-state index in [1.807, 2.05) is 60.5 Å². The highest BCUT2D eigenvalue weighted by Crippen LogP contribution is 2.72. The van der Waals surface area contributed by atoms with Crippen LogP contribution in [0.15, 0.2) is 108 Å². The van der Waals surface area contributed by atoms with Gasteiger partial charge < -0.3 is 104 Å². The van der Waals surface area contributed by atoms with Gasteiger partial charge in [-0.15, -0.1) is 5.53 Å². The Morgan fingerprint density at radius 2 is 1.30 bits per heavy atom. The van der Waals surface area contributed by atoms with Crippen LogP contribution in [0.5, 0.6) is 5.75 Å². The number of unbranched alkanes of at least 4 members (excludes halogenated alkanes) is 1. The molecule has 6 amide bonds. The van der Waals surface area contributed by atoms with Crippen LogP contribution in [-0.4, -0.2) is 269 Å². The van der Waals surface area contributed by atoms with Gasteiger partial charge in [0.05, 0.1) is 161 Å². The van der Waals surface area contributed by atoms with Gasteiger partial charge in [0, 0.05) is 84.9 Å². The van der Waals surface area contributed by atoms with E-state index in [0.717, 1.165) is 72.9 Å². The van der Waals surface area contributed by atoms with Crippen LogP contribution < -0.4 is 47.2 Å². The number of hydrogen-bond donors (Lipinski definition) is 8. The van der Waals surface area contributed by atoms with Gasteiger partial charge in [0.25, 0.3) is 0 Å². The average Bonchev–Trinajstić information content (AvgIpc) is 1.13. The van der Waals surface area contributed by atoms with Gasteiger partial charge >= 0.3 is 0 Å². The van der Waals surface area contributed by atoms with E-state index in [1.165, 1.54) is 19.1 Å².